The highest BCUT2D eigenvalue weighted by atomic mass is 32.2. The highest BCUT2D eigenvalue weighted by Crippen LogP contribution is 2.31. The van der Waals surface area contributed by atoms with Gasteiger partial charge >= 0.3 is 0 Å². The fourth-order valence-corrected chi connectivity index (χ4v) is 3.49. The third-order valence-electron chi connectivity index (χ3n) is 3.46. The van der Waals surface area contributed by atoms with Crippen molar-refractivity contribution in [1.82, 2.24) is 0 Å². The Balaban J connectivity index is 2.16. The van der Waals surface area contributed by atoms with Crippen molar-refractivity contribution in [3.8, 4) is 5.75 Å². The van der Waals surface area contributed by atoms with Gasteiger partial charge in [-0.2, -0.15) is 11.8 Å². The molecule has 0 spiro atoms. The Hall–Kier alpha value is -0.870. The summed E-state index contributed by atoms with van der Waals surface area (Å²) in [6.45, 7) is 6.24. The van der Waals surface area contributed by atoms with Crippen LogP contribution < -0.4 is 10.6 Å². The number of phenolic OH excluding ortho intramolecular Hbond substituents is 1. The zero-order valence-corrected chi connectivity index (χ0v) is 11.9. The van der Waals surface area contributed by atoms with E-state index < -0.39 is 0 Å². The molecular weight excluding hydrogens is 244 g/mol. The van der Waals surface area contributed by atoms with E-state index in [1.54, 1.807) is 0 Å². The molecule has 0 saturated carbocycles. The molecule has 2 rings (SSSR count). The second-order valence-corrected chi connectivity index (χ2v) is 6.29. The summed E-state index contributed by atoms with van der Waals surface area (Å²) in [5.74, 6) is 1.47. The SMILES string of the molecule is CCC1CN(c2ccc(C(C)N)c(O)c2)CCS1. The zero-order valence-electron chi connectivity index (χ0n) is 11.1. The molecule has 0 amide bonds. The molecule has 18 heavy (non-hydrogen) atoms. The summed E-state index contributed by atoms with van der Waals surface area (Å²) in [5.41, 5.74) is 7.73. The summed E-state index contributed by atoms with van der Waals surface area (Å²) < 4.78 is 0. The first-order valence-electron chi connectivity index (χ1n) is 6.57. The van der Waals surface area contributed by atoms with Crippen molar-refractivity contribution in [1.29, 1.82) is 0 Å². The van der Waals surface area contributed by atoms with E-state index in [0.29, 0.717) is 11.0 Å². The molecule has 0 aromatic heterocycles. The van der Waals surface area contributed by atoms with Crippen molar-refractivity contribution in [2.75, 3.05) is 23.7 Å². The minimum absolute atomic E-state index is 0.126. The van der Waals surface area contributed by atoms with Crippen molar-refractivity contribution in [2.24, 2.45) is 5.73 Å². The number of hydrogen-bond donors (Lipinski definition) is 2. The smallest absolute Gasteiger partial charge is 0.122 e. The molecule has 1 saturated heterocycles. The van der Waals surface area contributed by atoms with Gasteiger partial charge in [0.2, 0.25) is 0 Å². The molecule has 1 aliphatic heterocycles. The average molecular weight is 266 g/mol. The second kappa shape index (κ2) is 5.85. The van der Waals surface area contributed by atoms with Crippen molar-refractivity contribution in [3.05, 3.63) is 23.8 Å². The number of benzene rings is 1. The van der Waals surface area contributed by atoms with Gasteiger partial charge in [-0.15, -0.1) is 0 Å². The Morgan fingerprint density at radius 3 is 2.94 bits per heavy atom. The van der Waals surface area contributed by atoms with Crippen molar-refractivity contribution in [3.63, 3.8) is 0 Å². The molecule has 0 aliphatic carbocycles. The number of nitrogens with zero attached hydrogens (tertiary/aromatic N) is 1. The normalized spacial score (nSPS) is 21.9. The molecule has 100 valence electrons. The highest BCUT2D eigenvalue weighted by Gasteiger charge is 2.20. The maximum atomic E-state index is 10.0. The molecule has 2 atom stereocenters. The number of anilines is 1. The third-order valence-corrected chi connectivity index (χ3v) is 4.84. The quantitative estimate of drug-likeness (QED) is 0.883. The summed E-state index contributed by atoms with van der Waals surface area (Å²) in [5, 5.41) is 10.7. The highest BCUT2D eigenvalue weighted by molar-refractivity contribution is 8.00. The summed E-state index contributed by atoms with van der Waals surface area (Å²) in [6.07, 6.45) is 1.20. The van der Waals surface area contributed by atoms with E-state index in [4.69, 9.17) is 5.73 Å². The maximum Gasteiger partial charge on any atom is 0.122 e. The summed E-state index contributed by atoms with van der Waals surface area (Å²) in [6, 6.07) is 5.74. The van der Waals surface area contributed by atoms with Crippen LogP contribution in [0.3, 0.4) is 0 Å². The predicted molar refractivity (Wildman–Crippen MR) is 79.5 cm³/mol. The lowest BCUT2D eigenvalue weighted by Crippen LogP contribution is -2.37. The summed E-state index contributed by atoms with van der Waals surface area (Å²) >= 11 is 2.05. The Labute approximate surface area is 113 Å². The fraction of sp³-hybridized carbons (Fsp3) is 0.571. The maximum absolute atomic E-state index is 10.0. The summed E-state index contributed by atoms with van der Waals surface area (Å²) in [4.78, 5) is 2.36. The fourth-order valence-electron chi connectivity index (χ4n) is 2.31. The number of thioether (sulfide) groups is 1. The van der Waals surface area contributed by atoms with Crippen molar-refractivity contribution >= 4 is 17.4 Å². The molecule has 1 aliphatic rings. The van der Waals surface area contributed by atoms with Crippen LogP contribution in [0, 0.1) is 0 Å². The zero-order chi connectivity index (χ0) is 13.1. The van der Waals surface area contributed by atoms with Crippen LogP contribution >= 0.6 is 11.8 Å². The average Bonchev–Trinajstić information content (AvgIpc) is 2.38. The van der Waals surface area contributed by atoms with Crippen molar-refractivity contribution in [2.45, 2.75) is 31.6 Å². The molecule has 3 nitrogen and oxygen atoms in total. The van der Waals surface area contributed by atoms with Crippen LogP contribution in [-0.4, -0.2) is 29.2 Å². The predicted octanol–water partition coefficient (Wildman–Crippen LogP) is 2.74. The van der Waals surface area contributed by atoms with Gasteiger partial charge in [0.05, 0.1) is 0 Å². The Bertz CT molecular complexity index is 409. The van der Waals surface area contributed by atoms with Gasteiger partial charge in [0, 0.05) is 47.5 Å². The van der Waals surface area contributed by atoms with E-state index in [1.165, 1.54) is 6.42 Å². The molecule has 2 unspecified atom stereocenters. The third kappa shape index (κ3) is 2.93. The number of phenols is 1. The Kier molecular flexibility index (Phi) is 4.40. The van der Waals surface area contributed by atoms with Crippen LogP contribution in [0.25, 0.3) is 0 Å². The van der Waals surface area contributed by atoms with Crippen LogP contribution in [-0.2, 0) is 0 Å². The van der Waals surface area contributed by atoms with Crippen LogP contribution in [0.1, 0.15) is 31.9 Å². The van der Waals surface area contributed by atoms with Crippen LogP contribution in [0.2, 0.25) is 0 Å². The number of rotatable bonds is 3. The van der Waals surface area contributed by atoms with Gasteiger partial charge in [0.15, 0.2) is 0 Å². The lowest BCUT2D eigenvalue weighted by molar-refractivity contribution is 0.463. The molecular formula is C14H22N2OS. The van der Waals surface area contributed by atoms with E-state index in [1.807, 2.05) is 30.8 Å². The van der Waals surface area contributed by atoms with E-state index in [-0.39, 0.29) is 6.04 Å². The molecule has 1 aromatic rings. The molecule has 1 fully saturated rings. The number of nitrogens with two attached hydrogens (primary N) is 1. The van der Waals surface area contributed by atoms with E-state index in [2.05, 4.69) is 17.9 Å². The number of aromatic hydroxyl groups is 1. The monoisotopic (exact) mass is 266 g/mol. The molecule has 3 N–H and O–H groups in total. The van der Waals surface area contributed by atoms with Crippen LogP contribution in [0.15, 0.2) is 18.2 Å². The Morgan fingerprint density at radius 1 is 1.56 bits per heavy atom. The molecule has 0 bridgehead atoms. The molecule has 0 radical (unpaired) electrons. The van der Waals surface area contributed by atoms with Gasteiger partial charge in [-0.3, -0.25) is 0 Å². The lowest BCUT2D eigenvalue weighted by Gasteiger charge is -2.34. The standard InChI is InChI=1S/C14H22N2OS/c1-3-12-9-16(6-7-18-12)11-4-5-13(10(2)15)14(17)8-11/h4-5,8,10,12,17H,3,6-7,9,15H2,1-2H3. The minimum atomic E-state index is -0.126. The van der Waals surface area contributed by atoms with Gasteiger partial charge in [-0.1, -0.05) is 13.0 Å². The van der Waals surface area contributed by atoms with Gasteiger partial charge in [0.1, 0.15) is 5.75 Å². The minimum Gasteiger partial charge on any atom is -0.508 e. The van der Waals surface area contributed by atoms with Gasteiger partial charge < -0.3 is 15.7 Å². The first kappa shape index (κ1) is 13.6. The van der Waals surface area contributed by atoms with Gasteiger partial charge in [-0.25, -0.2) is 0 Å². The van der Waals surface area contributed by atoms with E-state index >= 15 is 0 Å². The van der Waals surface area contributed by atoms with Gasteiger partial charge in [0.25, 0.3) is 0 Å². The van der Waals surface area contributed by atoms with Crippen LogP contribution in [0.5, 0.6) is 5.75 Å². The van der Waals surface area contributed by atoms with Crippen LogP contribution in [0.4, 0.5) is 5.69 Å². The van der Waals surface area contributed by atoms with E-state index in [0.717, 1.165) is 30.1 Å². The van der Waals surface area contributed by atoms with Crippen molar-refractivity contribution < 1.29 is 5.11 Å². The lowest BCUT2D eigenvalue weighted by atomic mass is 10.1. The Morgan fingerprint density at radius 2 is 2.33 bits per heavy atom. The second-order valence-electron chi connectivity index (χ2n) is 4.88. The summed E-state index contributed by atoms with van der Waals surface area (Å²) in [7, 11) is 0. The molecule has 4 heteroatoms. The van der Waals surface area contributed by atoms with Gasteiger partial charge in [-0.05, 0) is 19.4 Å². The first-order valence-corrected chi connectivity index (χ1v) is 7.61. The molecule has 1 aromatic carbocycles. The molecule has 1 heterocycles. The number of hydrogen-bond acceptors (Lipinski definition) is 4. The largest absolute Gasteiger partial charge is 0.508 e. The van der Waals surface area contributed by atoms with E-state index in [9.17, 15) is 5.11 Å². The first-order chi connectivity index (χ1) is 8.61. The topological polar surface area (TPSA) is 49.5 Å².